The predicted molar refractivity (Wildman–Crippen MR) is 131 cm³/mol. The van der Waals surface area contributed by atoms with Crippen molar-refractivity contribution in [3.8, 4) is 11.5 Å². The zero-order valence-electron chi connectivity index (χ0n) is 18.7. The fourth-order valence-electron chi connectivity index (χ4n) is 3.38. The first-order valence-corrected chi connectivity index (χ1v) is 12.2. The minimum absolute atomic E-state index is 0.0749. The first-order valence-electron chi connectivity index (χ1n) is 10.6. The number of sulfonamides is 1. The van der Waals surface area contributed by atoms with Gasteiger partial charge in [0.25, 0.3) is 5.91 Å². The Kier molecular flexibility index (Phi) is 6.74. The summed E-state index contributed by atoms with van der Waals surface area (Å²) in [6, 6.07) is 21.3. The van der Waals surface area contributed by atoms with Crippen molar-refractivity contribution in [2.45, 2.75) is 13.5 Å². The molecule has 34 heavy (non-hydrogen) atoms. The first kappa shape index (κ1) is 23.2. The number of hydrogen-bond acceptors (Lipinski definition) is 6. The molecule has 4 aromatic rings. The molecule has 2 N–H and O–H groups in total. The highest BCUT2D eigenvalue weighted by Gasteiger charge is 2.22. The Bertz CT molecular complexity index is 1410. The van der Waals surface area contributed by atoms with Gasteiger partial charge in [-0.05, 0) is 37.3 Å². The largest absolute Gasteiger partial charge is 0.494 e. The van der Waals surface area contributed by atoms with Crippen LogP contribution >= 0.6 is 0 Å². The van der Waals surface area contributed by atoms with Crippen LogP contribution in [0.5, 0.6) is 11.5 Å². The van der Waals surface area contributed by atoms with Gasteiger partial charge in [0, 0.05) is 22.7 Å². The second kappa shape index (κ2) is 9.88. The number of fused-ring (bicyclic) bond motifs is 1. The van der Waals surface area contributed by atoms with E-state index in [0.717, 1.165) is 5.39 Å². The lowest BCUT2D eigenvalue weighted by Gasteiger charge is -2.13. The monoisotopic (exact) mass is 480 g/mol. The quantitative estimate of drug-likeness (QED) is 0.348. The van der Waals surface area contributed by atoms with Gasteiger partial charge in [0.1, 0.15) is 23.7 Å². The van der Waals surface area contributed by atoms with Gasteiger partial charge >= 0.3 is 0 Å². The lowest BCUT2D eigenvalue weighted by Crippen LogP contribution is -2.16. The average molecular weight is 481 g/mol. The van der Waals surface area contributed by atoms with E-state index < -0.39 is 15.9 Å². The Morgan fingerprint density at radius 3 is 2.47 bits per heavy atom. The molecule has 0 aliphatic rings. The van der Waals surface area contributed by atoms with E-state index in [9.17, 15) is 13.2 Å². The number of ether oxygens (including phenoxy) is 2. The molecule has 0 fully saturated rings. The van der Waals surface area contributed by atoms with Gasteiger partial charge in [-0.15, -0.1) is 0 Å². The number of methoxy groups -OCH3 is 1. The van der Waals surface area contributed by atoms with Crippen LogP contribution in [0, 0.1) is 0 Å². The van der Waals surface area contributed by atoms with Crippen LogP contribution < -0.4 is 19.5 Å². The summed E-state index contributed by atoms with van der Waals surface area (Å²) in [4.78, 5) is 13.2. The predicted octanol–water partition coefficient (Wildman–Crippen LogP) is 5.03. The highest BCUT2D eigenvalue weighted by Crippen LogP contribution is 2.31. The standard InChI is InChI=1S/C25H24N2O6S/c1-3-34(29,30)27-21-14-13-17(15-23(21)31-2)26-25(28)24-20(16-32-18-9-5-4-6-10-18)19-11-7-8-12-22(19)33-24/h4-15,27H,3,16H2,1-2H3,(H,26,28). The number of nitrogens with one attached hydrogen (secondary N) is 2. The van der Waals surface area contributed by atoms with E-state index >= 15 is 0 Å². The zero-order chi connectivity index (χ0) is 24.1. The molecule has 8 nitrogen and oxygen atoms in total. The van der Waals surface area contributed by atoms with E-state index in [2.05, 4.69) is 10.0 Å². The average Bonchev–Trinajstić information content (AvgIpc) is 3.23. The number of rotatable bonds is 9. The second-order valence-corrected chi connectivity index (χ2v) is 9.39. The summed E-state index contributed by atoms with van der Waals surface area (Å²) >= 11 is 0. The molecule has 0 aliphatic carbocycles. The highest BCUT2D eigenvalue weighted by molar-refractivity contribution is 7.92. The maximum absolute atomic E-state index is 13.2. The van der Waals surface area contributed by atoms with E-state index in [-0.39, 0.29) is 29.6 Å². The van der Waals surface area contributed by atoms with Gasteiger partial charge < -0.3 is 19.2 Å². The third-order valence-electron chi connectivity index (χ3n) is 5.14. The number of carbonyl (C=O) groups is 1. The molecule has 0 bridgehead atoms. The second-order valence-electron chi connectivity index (χ2n) is 7.38. The minimum Gasteiger partial charge on any atom is -0.494 e. The number of anilines is 2. The molecule has 176 valence electrons. The molecule has 9 heteroatoms. The van der Waals surface area contributed by atoms with Gasteiger partial charge in [0.15, 0.2) is 5.76 Å². The Morgan fingerprint density at radius 2 is 1.74 bits per heavy atom. The van der Waals surface area contributed by atoms with Crippen molar-refractivity contribution in [1.82, 2.24) is 0 Å². The topological polar surface area (TPSA) is 107 Å². The minimum atomic E-state index is -3.48. The van der Waals surface area contributed by atoms with E-state index in [0.29, 0.717) is 22.6 Å². The van der Waals surface area contributed by atoms with Gasteiger partial charge in [0.2, 0.25) is 10.0 Å². The Morgan fingerprint density at radius 1 is 1.00 bits per heavy atom. The van der Waals surface area contributed by atoms with Gasteiger partial charge in [-0.1, -0.05) is 36.4 Å². The SMILES string of the molecule is CCS(=O)(=O)Nc1ccc(NC(=O)c2oc3ccccc3c2COc2ccccc2)cc1OC. The van der Waals surface area contributed by atoms with E-state index in [1.807, 2.05) is 48.5 Å². The lowest BCUT2D eigenvalue weighted by molar-refractivity contribution is 0.0995. The summed E-state index contributed by atoms with van der Waals surface area (Å²) in [5.41, 5.74) is 1.89. The summed E-state index contributed by atoms with van der Waals surface area (Å²) in [7, 11) is -2.06. The van der Waals surface area contributed by atoms with Crippen molar-refractivity contribution in [2.75, 3.05) is 22.9 Å². The number of carbonyl (C=O) groups excluding carboxylic acids is 1. The summed E-state index contributed by atoms with van der Waals surface area (Å²) < 4.78 is 43.3. The Labute approximate surface area is 197 Å². The smallest absolute Gasteiger partial charge is 0.291 e. The Hall–Kier alpha value is -3.98. The normalized spacial score (nSPS) is 11.2. The molecule has 0 radical (unpaired) electrons. The highest BCUT2D eigenvalue weighted by atomic mass is 32.2. The van der Waals surface area contributed by atoms with E-state index in [1.54, 1.807) is 12.1 Å². The van der Waals surface area contributed by atoms with Crippen LogP contribution in [0.1, 0.15) is 23.0 Å². The molecule has 1 aromatic heterocycles. The number of furan rings is 1. The van der Waals surface area contributed by atoms with E-state index in [4.69, 9.17) is 13.9 Å². The number of benzene rings is 3. The van der Waals surface area contributed by atoms with Crippen molar-refractivity contribution in [3.05, 3.63) is 84.1 Å². The van der Waals surface area contributed by atoms with Crippen LogP contribution in [0.25, 0.3) is 11.0 Å². The maximum Gasteiger partial charge on any atom is 0.291 e. The van der Waals surface area contributed by atoms with Crippen molar-refractivity contribution >= 4 is 38.3 Å². The fraction of sp³-hybridized carbons (Fsp3) is 0.160. The Balaban J connectivity index is 1.60. The van der Waals surface area contributed by atoms with Crippen LogP contribution in [0.4, 0.5) is 11.4 Å². The number of hydrogen-bond donors (Lipinski definition) is 2. The van der Waals surface area contributed by atoms with Gasteiger partial charge in [-0.2, -0.15) is 0 Å². The van der Waals surface area contributed by atoms with Crippen molar-refractivity contribution in [2.24, 2.45) is 0 Å². The van der Waals surface area contributed by atoms with Crippen LogP contribution in [0.2, 0.25) is 0 Å². The molecule has 3 aromatic carbocycles. The summed E-state index contributed by atoms with van der Waals surface area (Å²) in [6.45, 7) is 1.68. The third-order valence-corrected chi connectivity index (χ3v) is 6.43. The zero-order valence-corrected chi connectivity index (χ0v) is 19.5. The van der Waals surface area contributed by atoms with Crippen LogP contribution in [-0.4, -0.2) is 27.2 Å². The summed E-state index contributed by atoms with van der Waals surface area (Å²) in [5.74, 6) is 0.536. The molecule has 0 saturated heterocycles. The molecule has 0 spiro atoms. The lowest BCUT2D eigenvalue weighted by atomic mass is 10.1. The van der Waals surface area contributed by atoms with Crippen molar-refractivity contribution in [3.63, 3.8) is 0 Å². The molecule has 0 saturated carbocycles. The van der Waals surface area contributed by atoms with Crippen molar-refractivity contribution < 1.29 is 27.1 Å². The molecule has 1 amide bonds. The summed E-state index contributed by atoms with van der Waals surface area (Å²) in [5, 5.41) is 3.57. The fourth-order valence-corrected chi connectivity index (χ4v) is 4.03. The molecular formula is C25H24N2O6S. The van der Waals surface area contributed by atoms with Gasteiger partial charge in [-0.25, -0.2) is 8.42 Å². The molecule has 0 aliphatic heterocycles. The number of para-hydroxylation sites is 2. The molecule has 1 heterocycles. The van der Waals surface area contributed by atoms with Crippen LogP contribution in [0.15, 0.2) is 77.2 Å². The van der Waals surface area contributed by atoms with Gasteiger partial charge in [-0.3, -0.25) is 9.52 Å². The van der Waals surface area contributed by atoms with E-state index in [1.165, 1.54) is 26.2 Å². The van der Waals surface area contributed by atoms with Crippen molar-refractivity contribution in [1.29, 1.82) is 0 Å². The first-order chi connectivity index (χ1) is 16.4. The molecule has 4 rings (SSSR count). The molecular weight excluding hydrogens is 456 g/mol. The summed E-state index contributed by atoms with van der Waals surface area (Å²) in [6.07, 6.45) is 0. The van der Waals surface area contributed by atoms with Crippen LogP contribution in [-0.2, 0) is 16.6 Å². The van der Waals surface area contributed by atoms with Gasteiger partial charge in [0.05, 0.1) is 18.6 Å². The number of amides is 1. The molecule has 0 atom stereocenters. The van der Waals surface area contributed by atoms with Crippen LogP contribution in [0.3, 0.4) is 0 Å². The molecule has 0 unspecified atom stereocenters. The maximum atomic E-state index is 13.2. The third kappa shape index (κ3) is 5.15.